The van der Waals surface area contributed by atoms with E-state index in [9.17, 15) is 0 Å². The average Bonchev–Trinajstić information content (AvgIpc) is 2.39. The number of halogens is 1. The van der Waals surface area contributed by atoms with Gasteiger partial charge in [0.05, 0.1) is 0 Å². The number of nitrogens with one attached hydrogen (secondary N) is 1. The molecule has 0 aromatic heterocycles. The first-order valence-corrected chi connectivity index (χ1v) is 7.44. The second-order valence-corrected chi connectivity index (χ2v) is 5.90. The van der Waals surface area contributed by atoms with Gasteiger partial charge in [0, 0.05) is 16.6 Å². The van der Waals surface area contributed by atoms with Crippen LogP contribution in [-0.2, 0) is 0 Å². The fourth-order valence-corrected chi connectivity index (χ4v) is 2.87. The summed E-state index contributed by atoms with van der Waals surface area (Å²) in [4.78, 5) is 0. The van der Waals surface area contributed by atoms with Crippen LogP contribution >= 0.6 is 15.9 Å². The van der Waals surface area contributed by atoms with Crippen LogP contribution < -0.4 is 5.32 Å². The van der Waals surface area contributed by atoms with Crippen molar-refractivity contribution < 1.29 is 0 Å². The SMILES string of the molecule is Cc1ccc(C(C)N[C@H](C)c2ccccc2Br)cc1. The summed E-state index contributed by atoms with van der Waals surface area (Å²) in [6.45, 7) is 6.52. The highest BCUT2D eigenvalue weighted by molar-refractivity contribution is 9.10. The molecule has 2 atom stereocenters. The third-order valence-corrected chi connectivity index (χ3v) is 4.17. The van der Waals surface area contributed by atoms with Gasteiger partial charge in [-0.15, -0.1) is 0 Å². The molecule has 0 aliphatic rings. The summed E-state index contributed by atoms with van der Waals surface area (Å²) in [5.74, 6) is 0. The van der Waals surface area contributed by atoms with Gasteiger partial charge in [0.15, 0.2) is 0 Å². The van der Waals surface area contributed by atoms with E-state index in [1.54, 1.807) is 0 Å². The molecule has 2 aromatic rings. The van der Waals surface area contributed by atoms with Crippen molar-refractivity contribution in [2.24, 2.45) is 0 Å². The largest absolute Gasteiger partial charge is 0.304 e. The normalized spacial score (nSPS) is 14.1. The average molecular weight is 318 g/mol. The van der Waals surface area contributed by atoms with Gasteiger partial charge in [-0.3, -0.25) is 0 Å². The van der Waals surface area contributed by atoms with Crippen molar-refractivity contribution in [3.8, 4) is 0 Å². The Morgan fingerprint density at radius 1 is 0.895 bits per heavy atom. The fourth-order valence-electron chi connectivity index (χ4n) is 2.24. The molecule has 1 nitrogen and oxygen atoms in total. The van der Waals surface area contributed by atoms with Crippen LogP contribution in [0.15, 0.2) is 53.0 Å². The van der Waals surface area contributed by atoms with E-state index in [0.29, 0.717) is 12.1 Å². The lowest BCUT2D eigenvalue weighted by Crippen LogP contribution is -2.22. The van der Waals surface area contributed by atoms with E-state index in [1.807, 2.05) is 6.07 Å². The van der Waals surface area contributed by atoms with Crippen molar-refractivity contribution >= 4 is 15.9 Å². The summed E-state index contributed by atoms with van der Waals surface area (Å²) in [6, 6.07) is 17.7. The molecule has 0 saturated heterocycles. The molecule has 0 fully saturated rings. The number of aryl methyl sites for hydroxylation is 1. The van der Waals surface area contributed by atoms with Crippen molar-refractivity contribution in [1.82, 2.24) is 5.32 Å². The van der Waals surface area contributed by atoms with Crippen molar-refractivity contribution in [2.75, 3.05) is 0 Å². The highest BCUT2D eigenvalue weighted by atomic mass is 79.9. The molecule has 0 saturated carbocycles. The van der Waals surface area contributed by atoms with Gasteiger partial charge in [0.2, 0.25) is 0 Å². The minimum absolute atomic E-state index is 0.312. The van der Waals surface area contributed by atoms with Crippen LogP contribution in [-0.4, -0.2) is 0 Å². The molecule has 0 aliphatic heterocycles. The van der Waals surface area contributed by atoms with Crippen molar-refractivity contribution in [3.05, 3.63) is 69.7 Å². The molecular formula is C17H20BrN. The van der Waals surface area contributed by atoms with Crippen LogP contribution in [0.4, 0.5) is 0 Å². The molecule has 0 bridgehead atoms. The molecular weight excluding hydrogens is 298 g/mol. The van der Waals surface area contributed by atoms with E-state index in [2.05, 4.69) is 84.5 Å². The Kier molecular flexibility index (Phi) is 4.78. The number of rotatable bonds is 4. The standard InChI is InChI=1S/C17H20BrN/c1-12-8-10-15(11-9-12)13(2)19-14(3)16-6-4-5-7-17(16)18/h4-11,13-14,19H,1-3H3/t13?,14-/m1/s1. The molecule has 0 radical (unpaired) electrons. The highest BCUT2D eigenvalue weighted by Gasteiger charge is 2.12. The molecule has 100 valence electrons. The van der Waals surface area contributed by atoms with Crippen LogP contribution in [0.5, 0.6) is 0 Å². The smallest absolute Gasteiger partial charge is 0.0308 e. The predicted octanol–water partition coefficient (Wildman–Crippen LogP) is 5.17. The summed E-state index contributed by atoms with van der Waals surface area (Å²) in [7, 11) is 0. The Balaban J connectivity index is 2.08. The van der Waals surface area contributed by atoms with Gasteiger partial charge in [-0.1, -0.05) is 64.0 Å². The Hall–Kier alpha value is -1.12. The Bertz CT molecular complexity index is 533. The van der Waals surface area contributed by atoms with Crippen molar-refractivity contribution in [1.29, 1.82) is 0 Å². The van der Waals surface area contributed by atoms with E-state index in [1.165, 1.54) is 16.7 Å². The molecule has 2 heteroatoms. The van der Waals surface area contributed by atoms with Gasteiger partial charge in [-0.25, -0.2) is 0 Å². The lowest BCUT2D eigenvalue weighted by atomic mass is 10.0. The molecule has 0 amide bonds. The number of hydrogen-bond acceptors (Lipinski definition) is 1. The van der Waals surface area contributed by atoms with Gasteiger partial charge in [-0.05, 0) is 38.0 Å². The minimum atomic E-state index is 0.312. The van der Waals surface area contributed by atoms with Gasteiger partial charge in [0.1, 0.15) is 0 Å². The second kappa shape index (κ2) is 6.36. The maximum Gasteiger partial charge on any atom is 0.0308 e. The van der Waals surface area contributed by atoms with Crippen molar-refractivity contribution in [3.63, 3.8) is 0 Å². The Morgan fingerprint density at radius 3 is 2.16 bits per heavy atom. The van der Waals surface area contributed by atoms with Crippen molar-refractivity contribution in [2.45, 2.75) is 32.9 Å². The molecule has 0 heterocycles. The van der Waals surface area contributed by atoms with E-state index in [-0.39, 0.29) is 0 Å². The molecule has 1 unspecified atom stereocenters. The second-order valence-electron chi connectivity index (χ2n) is 5.04. The zero-order chi connectivity index (χ0) is 13.8. The Morgan fingerprint density at radius 2 is 1.53 bits per heavy atom. The van der Waals surface area contributed by atoms with E-state index < -0.39 is 0 Å². The van der Waals surface area contributed by atoms with Crippen LogP contribution in [0.3, 0.4) is 0 Å². The van der Waals surface area contributed by atoms with E-state index >= 15 is 0 Å². The first-order chi connectivity index (χ1) is 9.08. The number of benzene rings is 2. The first-order valence-electron chi connectivity index (χ1n) is 6.65. The lowest BCUT2D eigenvalue weighted by molar-refractivity contribution is 0.493. The monoisotopic (exact) mass is 317 g/mol. The topological polar surface area (TPSA) is 12.0 Å². The summed E-state index contributed by atoms with van der Waals surface area (Å²) >= 11 is 3.61. The maximum absolute atomic E-state index is 3.64. The Labute approximate surface area is 124 Å². The molecule has 0 aliphatic carbocycles. The quantitative estimate of drug-likeness (QED) is 0.820. The lowest BCUT2D eigenvalue weighted by Gasteiger charge is -2.21. The summed E-state index contributed by atoms with van der Waals surface area (Å²) in [5.41, 5.74) is 3.92. The highest BCUT2D eigenvalue weighted by Crippen LogP contribution is 2.25. The van der Waals surface area contributed by atoms with Crippen LogP contribution in [0.25, 0.3) is 0 Å². The van der Waals surface area contributed by atoms with Gasteiger partial charge in [-0.2, -0.15) is 0 Å². The summed E-state index contributed by atoms with van der Waals surface area (Å²) < 4.78 is 1.16. The van der Waals surface area contributed by atoms with Gasteiger partial charge in [0.25, 0.3) is 0 Å². The molecule has 2 rings (SSSR count). The first kappa shape index (κ1) is 14.3. The summed E-state index contributed by atoms with van der Waals surface area (Å²) in [5, 5.41) is 3.64. The zero-order valence-corrected chi connectivity index (χ0v) is 13.2. The minimum Gasteiger partial charge on any atom is -0.304 e. The third-order valence-electron chi connectivity index (χ3n) is 3.45. The van der Waals surface area contributed by atoms with E-state index in [0.717, 1.165) is 4.47 Å². The zero-order valence-electron chi connectivity index (χ0n) is 11.7. The molecule has 19 heavy (non-hydrogen) atoms. The molecule has 2 aromatic carbocycles. The summed E-state index contributed by atoms with van der Waals surface area (Å²) in [6.07, 6.45) is 0. The van der Waals surface area contributed by atoms with Gasteiger partial charge < -0.3 is 5.32 Å². The predicted molar refractivity (Wildman–Crippen MR) is 85.3 cm³/mol. The molecule has 0 spiro atoms. The maximum atomic E-state index is 3.64. The van der Waals surface area contributed by atoms with Crippen LogP contribution in [0.1, 0.15) is 42.6 Å². The fraction of sp³-hybridized carbons (Fsp3) is 0.294. The van der Waals surface area contributed by atoms with E-state index in [4.69, 9.17) is 0 Å². The number of hydrogen-bond donors (Lipinski definition) is 1. The third kappa shape index (κ3) is 3.68. The van der Waals surface area contributed by atoms with Gasteiger partial charge >= 0.3 is 0 Å². The van der Waals surface area contributed by atoms with Crippen LogP contribution in [0, 0.1) is 6.92 Å². The van der Waals surface area contributed by atoms with Crippen LogP contribution in [0.2, 0.25) is 0 Å². The molecule has 1 N–H and O–H groups in total.